The lowest BCUT2D eigenvalue weighted by atomic mass is 10.2. The summed E-state index contributed by atoms with van der Waals surface area (Å²) in [5.74, 6) is -0.761. The fourth-order valence-corrected chi connectivity index (χ4v) is 3.39. The van der Waals surface area contributed by atoms with Gasteiger partial charge in [-0.25, -0.2) is 5.43 Å². The Balaban J connectivity index is 1.75. The summed E-state index contributed by atoms with van der Waals surface area (Å²) in [6.07, 6.45) is 1.29. The summed E-state index contributed by atoms with van der Waals surface area (Å²) in [6.45, 7) is 0. The number of carbonyl (C=O) groups excluding carboxylic acids is 1. The van der Waals surface area contributed by atoms with Gasteiger partial charge < -0.3 is 5.11 Å². The second kappa shape index (κ2) is 9.22. The van der Waals surface area contributed by atoms with Crippen molar-refractivity contribution in [1.29, 1.82) is 0 Å². The number of nitrogens with one attached hydrogen (secondary N) is 1. The highest BCUT2D eigenvalue weighted by Crippen LogP contribution is 2.35. The Kier molecular flexibility index (Phi) is 6.48. The Hall–Kier alpha value is -3.36. The average molecular weight is 428 g/mol. The van der Waals surface area contributed by atoms with Crippen molar-refractivity contribution in [3.8, 4) is 5.75 Å². The number of rotatable bonds is 6. The van der Waals surface area contributed by atoms with E-state index < -0.39 is 10.8 Å². The van der Waals surface area contributed by atoms with Crippen molar-refractivity contribution in [2.45, 2.75) is 9.79 Å². The van der Waals surface area contributed by atoms with E-state index in [4.69, 9.17) is 11.6 Å². The molecule has 9 heteroatoms. The van der Waals surface area contributed by atoms with Gasteiger partial charge in [0.1, 0.15) is 5.75 Å². The van der Waals surface area contributed by atoms with Crippen LogP contribution < -0.4 is 5.43 Å². The normalized spacial score (nSPS) is 10.8. The number of amides is 1. The van der Waals surface area contributed by atoms with Crippen LogP contribution in [-0.2, 0) is 0 Å². The summed E-state index contributed by atoms with van der Waals surface area (Å²) in [6, 6.07) is 17.7. The number of nitrogens with zero attached hydrogens (tertiary/aromatic N) is 2. The number of nitro benzene ring substituents is 1. The number of carbonyl (C=O) groups is 1. The summed E-state index contributed by atoms with van der Waals surface area (Å²) < 4.78 is 0. The largest absolute Gasteiger partial charge is 0.507 e. The molecule has 0 bridgehead atoms. The number of aromatic hydroxyl groups is 1. The van der Waals surface area contributed by atoms with Crippen LogP contribution in [-0.4, -0.2) is 22.2 Å². The Morgan fingerprint density at radius 1 is 1.14 bits per heavy atom. The number of hydrazone groups is 1. The molecular formula is C20H14ClN3O4S. The maximum absolute atomic E-state index is 12.0. The third-order valence-corrected chi connectivity index (χ3v) is 5.07. The van der Waals surface area contributed by atoms with Crippen molar-refractivity contribution in [2.24, 2.45) is 5.10 Å². The molecule has 0 saturated heterocycles. The van der Waals surface area contributed by atoms with Gasteiger partial charge in [-0.3, -0.25) is 14.9 Å². The quantitative estimate of drug-likeness (QED) is 0.331. The molecule has 0 spiro atoms. The predicted octanol–water partition coefficient (Wildman–Crippen LogP) is 4.87. The van der Waals surface area contributed by atoms with Crippen LogP contribution in [0.25, 0.3) is 0 Å². The van der Waals surface area contributed by atoms with E-state index in [-0.39, 0.29) is 17.0 Å². The molecule has 29 heavy (non-hydrogen) atoms. The molecule has 0 aromatic heterocycles. The fraction of sp³-hybridized carbons (Fsp3) is 0. The summed E-state index contributed by atoms with van der Waals surface area (Å²) in [5, 5.41) is 25.5. The van der Waals surface area contributed by atoms with Gasteiger partial charge >= 0.3 is 0 Å². The Bertz CT molecular complexity index is 1090. The van der Waals surface area contributed by atoms with Gasteiger partial charge in [0.25, 0.3) is 11.6 Å². The van der Waals surface area contributed by atoms with Gasteiger partial charge in [-0.15, -0.1) is 0 Å². The molecule has 0 saturated carbocycles. The number of benzene rings is 3. The van der Waals surface area contributed by atoms with Crippen molar-refractivity contribution in [3.63, 3.8) is 0 Å². The molecule has 0 aliphatic carbocycles. The van der Waals surface area contributed by atoms with Crippen LogP contribution in [0.4, 0.5) is 5.69 Å². The maximum Gasteiger partial charge on any atom is 0.283 e. The molecule has 3 aromatic carbocycles. The topological polar surface area (TPSA) is 105 Å². The average Bonchev–Trinajstić information content (AvgIpc) is 2.70. The summed E-state index contributed by atoms with van der Waals surface area (Å²) >= 11 is 7.11. The SMILES string of the molecule is O=C(N/N=C/c1ccc(Sc2ccc(Cl)cc2)c([N+](=O)[O-])c1)c1ccccc1O. The molecular weight excluding hydrogens is 414 g/mol. The molecule has 0 radical (unpaired) electrons. The molecule has 0 aliphatic heterocycles. The molecule has 146 valence electrons. The lowest BCUT2D eigenvalue weighted by Gasteiger charge is -2.05. The summed E-state index contributed by atoms with van der Waals surface area (Å²) in [7, 11) is 0. The van der Waals surface area contributed by atoms with E-state index in [2.05, 4.69) is 10.5 Å². The Morgan fingerprint density at radius 2 is 1.86 bits per heavy atom. The monoisotopic (exact) mass is 427 g/mol. The van der Waals surface area contributed by atoms with Crippen molar-refractivity contribution in [1.82, 2.24) is 5.43 Å². The van der Waals surface area contributed by atoms with Crippen molar-refractivity contribution < 1.29 is 14.8 Å². The number of para-hydroxylation sites is 1. The number of nitro groups is 1. The molecule has 0 aliphatic rings. The van der Waals surface area contributed by atoms with Crippen LogP contribution >= 0.6 is 23.4 Å². The van der Waals surface area contributed by atoms with Gasteiger partial charge in [-0.1, -0.05) is 41.6 Å². The molecule has 0 unspecified atom stereocenters. The van der Waals surface area contributed by atoms with Gasteiger partial charge in [0.2, 0.25) is 0 Å². The van der Waals surface area contributed by atoms with E-state index in [0.717, 1.165) is 4.90 Å². The second-order valence-corrected chi connectivity index (χ2v) is 7.31. The Morgan fingerprint density at radius 3 is 2.55 bits per heavy atom. The van der Waals surface area contributed by atoms with Gasteiger partial charge in [0, 0.05) is 21.5 Å². The van der Waals surface area contributed by atoms with Crippen LogP contribution in [0.1, 0.15) is 15.9 Å². The second-order valence-electron chi connectivity index (χ2n) is 5.76. The molecule has 3 aromatic rings. The molecule has 0 fully saturated rings. The fourth-order valence-electron chi connectivity index (χ4n) is 2.36. The lowest BCUT2D eigenvalue weighted by molar-refractivity contribution is -0.387. The highest BCUT2D eigenvalue weighted by atomic mass is 35.5. The molecule has 7 nitrogen and oxygen atoms in total. The zero-order valence-corrected chi connectivity index (χ0v) is 16.4. The van der Waals surface area contributed by atoms with E-state index in [1.807, 2.05) is 0 Å². The van der Waals surface area contributed by atoms with Crippen LogP contribution in [0.15, 0.2) is 81.6 Å². The van der Waals surface area contributed by atoms with Gasteiger partial charge in [0.15, 0.2) is 0 Å². The van der Waals surface area contributed by atoms with E-state index in [1.165, 1.54) is 36.2 Å². The third-order valence-electron chi connectivity index (χ3n) is 3.75. The highest BCUT2D eigenvalue weighted by Gasteiger charge is 2.15. The van der Waals surface area contributed by atoms with Crippen LogP contribution in [0.5, 0.6) is 5.75 Å². The number of halogens is 1. The van der Waals surface area contributed by atoms with Crippen molar-refractivity contribution >= 4 is 41.2 Å². The van der Waals surface area contributed by atoms with E-state index in [0.29, 0.717) is 15.5 Å². The zero-order chi connectivity index (χ0) is 20.8. The third kappa shape index (κ3) is 5.34. The predicted molar refractivity (Wildman–Crippen MR) is 112 cm³/mol. The molecule has 0 heterocycles. The standard InChI is InChI=1S/C20H14ClN3O4S/c21-14-6-8-15(9-7-14)29-19-10-5-13(11-17(19)24(27)28)12-22-23-20(26)16-3-1-2-4-18(16)25/h1-12,25H,(H,23,26)/b22-12+. The lowest BCUT2D eigenvalue weighted by Crippen LogP contribution is -2.17. The van der Waals surface area contributed by atoms with Crippen LogP contribution in [0, 0.1) is 10.1 Å². The molecule has 2 N–H and O–H groups in total. The smallest absolute Gasteiger partial charge is 0.283 e. The van der Waals surface area contributed by atoms with Crippen molar-refractivity contribution in [2.75, 3.05) is 0 Å². The number of hydrogen-bond acceptors (Lipinski definition) is 6. The minimum atomic E-state index is -0.594. The first kappa shape index (κ1) is 20.4. The summed E-state index contributed by atoms with van der Waals surface area (Å²) in [5.41, 5.74) is 2.71. The number of phenols is 1. The Labute approximate surface area is 175 Å². The molecule has 0 atom stereocenters. The number of phenolic OH excluding ortho intramolecular Hbond substituents is 1. The first-order chi connectivity index (χ1) is 13.9. The molecule has 3 rings (SSSR count). The van der Waals surface area contributed by atoms with Gasteiger partial charge in [-0.2, -0.15) is 5.10 Å². The summed E-state index contributed by atoms with van der Waals surface area (Å²) in [4.78, 5) is 24.3. The first-order valence-electron chi connectivity index (χ1n) is 8.27. The van der Waals surface area contributed by atoms with E-state index >= 15 is 0 Å². The van der Waals surface area contributed by atoms with E-state index in [9.17, 15) is 20.0 Å². The maximum atomic E-state index is 12.0. The first-order valence-corrected chi connectivity index (χ1v) is 9.47. The van der Waals surface area contributed by atoms with E-state index in [1.54, 1.807) is 48.5 Å². The van der Waals surface area contributed by atoms with Gasteiger partial charge in [0.05, 0.1) is 21.6 Å². The minimum absolute atomic E-state index is 0.0744. The highest BCUT2D eigenvalue weighted by molar-refractivity contribution is 7.99. The van der Waals surface area contributed by atoms with Gasteiger partial charge in [-0.05, 0) is 42.5 Å². The molecule has 1 amide bonds. The number of hydrogen-bond donors (Lipinski definition) is 2. The van der Waals surface area contributed by atoms with Crippen molar-refractivity contribution in [3.05, 3.63) is 93.0 Å². The van der Waals surface area contributed by atoms with Crippen LogP contribution in [0.3, 0.4) is 0 Å². The minimum Gasteiger partial charge on any atom is -0.507 e. The van der Waals surface area contributed by atoms with Crippen LogP contribution in [0.2, 0.25) is 5.02 Å². The zero-order valence-electron chi connectivity index (χ0n) is 14.8.